The van der Waals surface area contributed by atoms with E-state index in [1.165, 1.54) is 19.1 Å². The first-order valence-electron chi connectivity index (χ1n) is 10.8. The van der Waals surface area contributed by atoms with E-state index >= 15 is 0 Å². The molecule has 1 heterocycles. The van der Waals surface area contributed by atoms with Crippen LogP contribution in [0.2, 0.25) is 0 Å². The Bertz CT molecular complexity index is 1270. The largest absolute Gasteiger partial charge is 0.507 e. The standard InChI is InChI=1S/C27H24BrNO5/c1-4-16-5-7-17(8-6-16)24-23(25(30)18-9-11-19(28)12-10-18)26(31)27(32)29(24)20-13-14-21(33-2)22(15-20)34-3/h5-15,24,30H,4H2,1-3H3/b25-23+. The summed E-state index contributed by atoms with van der Waals surface area (Å²) >= 11 is 3.38. The zero-order chi connectivity index (χ0) is 24.4. The van der Waals surface area contributed by atoms with Crippen LogP contribution in [0, 0.1) is 0 Å². The van der Waals surface area contributed by atoms with Crippen LogP contribution in [0.15, 0.2) is 76.8 Å². The number of hydrogen-bond acceptors (Lipinski definition) is 5. The van der Waals surface area contributed by atoms with Gasteiger partial charge < -0.3 is 14.6 Å². The maximum absolute atomic E-state index is 13.3. The van der Waals surface area contributed by atoms with Crippen LogP contribution < -0.4 is 14.4 Å². The number of aliphatic hydroxyl groups excluding tert-OH is 1. The highest BCUT2D eigenvalue weighted by molar-refractivity contribution is 9.10. The predicted molar refractivity (Wildman–Crippen MR) is 134 cm³/mol. The summed E-state index contributed by atoms with van der Waals surface area (Å²) in [6.45, 7) is 2.05. The molecule has 1 aliphatic heterocycles. The number of amides is 1. The van der Waals surface area contributed by atoms with E-state index in [1.54, 1.807) is 42.5 Å². The molecule has 1 atom stereocenters. The minimum atomic E-state index is -0.812. The van der Waals surface area contributed by atoms with E-state index in [0.717, 1.165) is 16.5 Å². The van der Waals surface area contributed by atoms with Crippen LogP contribution >= 0.6 is 15.9 Å². The van der Waals surface area contributed by atoms with Gasteiger partial charge in [-0.15, -0.1) is 0 Å². The number of rotatable bonds is 6. The van der Waals surface area contributed by atoms with Crippen molar-refractivity contribution >= 4 is 39.1 Å². The number of halogens is 1. The third-order valence-corrected chi connectivity index (χ3v) is 6.44. The fraction of sp³-hybridized carbons (Fsp3) is 0.185. The highest BCUT2D eigenvalue weighted by atomic mass is 79.9. The number of anilines is 1. The number of benzene rings is 3. The Morgan fingerprint density at radius 2 is 1.59 bits per heavy atom. The molecule has 1 saturated heterocycles. The molecule has 0 bridgehead atoms. The molecule has 7 heteroatoms. The molecular formula is C27H24BrNO5. The fourth-order valence-corrected chi connectivity index (χ4v) is 4.35. The zero-order valence-electron chi connectivity index (χ0n) is 19.0. The van der Waals surface area contributed by atoms with E-state index in [4.69, 9.17) is 9.47 Å². The molecule has 1 fully saturated rings. The average molecular weight is 522 g/mol. The maximum atomic E-state index is 13.3. The smallest absolute Gasteiger partial charge is 0.300 e. The van der Waals surface area contributed by atoms with Crippen LogP contribution in [-0.2, 0) is 16.0 Å². The number of Topliss-reactive ketones (excluding diaryl/α,β-unsaturated/α-hetero) is 1. The van der Waals surface area contributed by atoms with Crippen LogP contribution in [0.25, 0.3) is 5.76 Å². The van der Waals surface area contributed by atoms with Crippen molar-refractivity contribution in [3.8, 4) is 11.5 Å². The molecule has 0 aromatic heterocycles. The number of carbonyl (C=O) groups excluding carboxylic acids is 2. The molecule has 3 aromatic carbocycles. The van der Waals surface area contributed by atoms with Gasteiger partial charge in [0.1, 0.15) is 5.76 Å². The van der Waals surface area contributed by atoms with Gasteiger partial charge in [-0.2, -0.15) is 0 Å². The number of carbonyl (C=O) groups is 2. The average Bonchev–Trinajstić information content (AvgIpc) is 3.13. The molecule has 0 aliphatic carbocycles. The molecule has 6 nitrogen and oxygen atoms in total. The molecular weight excluding hydrogens is 498 g/mol. The van der Waals surface area contributed by atoms with E-state index in [0.29, 0.717) is 28.3 Å². The van der Waals surface area contributed by atoms with Crippen molar-refractivity contribution in [3.63, 3.8) is 0 Å². The Hall–Kier alpha value is -3.58. The van der Waals surface area contributed by atoms with Crippen molar-refractivity contribution in [2.75, 3.05) is 19.1 Å². The van der Waals surface area contributed by atoms with E-state index in [-0.39, 0.29) is 11.3 Å². The molecule has 34 heavy (non-hydrogen) atoms. The number of aliphatic hydroxyl groups is 1. The quantitative estimate of drug-likeness (QED) is 0.257. The minimum Gasteiger partial charge on any atom is -0.507 e. The summed E-state index contributed by atoms with van der Waals surface area (Å²) in [6, 6.07) is 18.8. The first-order chi connectivity index (χ1) is 16.4. The number of nitrogens with zero attached hydrogens (tertiary/aromatic N) is 1. The Kier molecular flexibility index (Phi) is 6.75. The number of ketones is 1. The highest BCUT2D eigenvalue weighted by Crippen LogP contribution is 2.44. The van der Waals surface area contributed by atoms with Gasteiger partial charge in [-0.05, 0) is 41.8 Å². The van der Waals surface area contributed by atoms with Crippen LogP contribution in [0.1, 0.15) is 29.7 Å². The molecule has 0 radical (unpaired) electrons. The fourth-order valence-electron chi connectivity index (χ4n) is 4.09. The van der Waals surface area contributed by atoms with E-state index in [9.17, 15) is 14.7 Å². The summed E-state index contributed by atoms with van der Waals surface area (Å²) in [5, 5.41) is 11.2. The van der Waals surface area contributed by atoms with E-state index < -0.39 is 17.7 Å². The lowest BCUT2D eigenvalue weighted by Crippen LogP contribution is -2.29. The number of hydrogen-bond donors (Lipinski definition) is 1. The molecule has 4 rings (SSSR count). The van der Waals surface area contributed by atoms with Crippen molar-refractivity contribution in [3.05, 3.63) is 93.5 Å². The second-order valence-corrected chi connectivity index (χ2v) is 8.73. The summed E-state index contributed by atoms with van der Waals surface area (Å²) < 4.78 is 11.6. The summed E-state index contributed by atoms with van der Waals surface area (Å²) in [7, 11) is 3.03. The molecule has 1 unspecified atom stereocenters. The van der Waals surface area contributed by atoms with Gasteiger partial charge in [0, 0.05) is 21.8 Å². The SMILES string of the molecule is CCc1ccc(C2/C(=C(\O)c3ccc(Br)cc3)C(=O)C(=O)N2c2ccc(OC)c(OC)c2)cc1. The summed E-state index contributed by atoms with van der Waals surface area (Å²) in [4.78, 5) is 28.0. The molecule has 174 valence electrons. The molecule has 0 spiro atoms. The second kappa shape index (κ2) is 9.73. The lowest BCUT2D eigenvalue weighted by Gasteiger charge is -2.26. The lowest BCUT2D eigenvalue weighted by molar-refractivity contribution is -0.132. The van der Waals surface area contributed by atoms with Gasteiger partial charge in [0.2, 0.25) is 0 Å². The van der Waals surface area contributed by atoms with Gasteiger partial charge in [-0.25, -0.2) is 0 Å². The van der Waals surface area contributed by atoms with Crippen LogP contribution in [-0.4, -0.2) is 31.0 Å². The monoisotopic (exact) mass is 521 g/mol. The minimum absolute atomic E-state index is 0.0337. The van der Waals surface area contributed by atoms with Crippen LogP contribution in [0.3, 0.4) is 0 Å². The summed E-state index contributed by atoms with van der Waals surface area (Å²) in [6.07, 6.45) is 0.856. The third-order valence-electron chi connectivity index (χ3n) is 5.91. The Balaban J connectivity index is 1.93. The normalized spacial score (nSPS) is 17.2. The first-order valence-corrected chi connectivity index (χ1v) is 11.6. The van der Waals surface area contributed by atoms with Gasteiger partial charge in [-0.1, -0.05) is 59.3 Å². The van der Waals surface area contributed by atoms with E-state index in [2.05, 4.69) is 22.9 Å². The van der Waals surface area contributed by atoms with Crippen molar-refractivity contribution < 1.29 is 24.2 Å². The Morgan fingerprint density at radius 3 is 2.18 bits per heavy atom. The maximum Gasteiger partial charge on any atom is 0.300 e. The predicted octanol–water partition coefficient (Wildman–Crippen LogP) is 5.66. The van der Waals surface area contributed by atoms with Crippen molar-refractivity contribution in [2.24, 2.45) is 0 Å². The van der Waals surface area contributed by atoms with Crippen LogP contribution in [0.5, 0.6) is 11.5 Å². The van der Waals surface area contributed by atoms with Gasteiger partial charge in [0.15, 0.2) is 11.5 Å². The van der Waals surface area contributed by atoms with Crippen molar-refractivity contribution in [1.29, 1.82) is 0 Å². The topological polar surface area (TPSA) is 76.1 Å². The number of ether oxygens (including phenoxy) is 2. The summed E-state index contributed by atoms with van der Waals surface area (Å²) in [5.74, 6) is -0.773. The Labute approximate surface area is 206 Å². The molecule has 1 aliphatic rings. The first kappa shape index (κ1) is 23.6. The third kappa shape index (κ3) is 4.19. The van der Waals surface area contributed by atoms with Gasteiger partial charge in [0.25, 0.3) is 11.7 Å². The molecule has 3 aromatic rings. The van der Waals surface area contributed by atoms with Gasteiger partial charge in [-0.3, -0.25) is 14.5 Å². The van der Waals surface area contributed by atoms with Gasteiger partial charge >= 0.3 is 0 Å². The van der Waals surface area contributed by atoms with Crippen molar-refractivity contribution in [2.45, 2.75) is 19.4 Å². The molecule has 1 N–H and O–H groups in total. The number of methoxy groups -OCH3 is 2. The lowest BCUT2D eigenvalue weighted by atomic mass is 9.94. The Morgan fingerprint density at radius 1 is 0.941 bits per heavy atom. The number of aryl methyl sites for hydroxylation is 1. The van der Waals surface area contributed by atoms with Gasteiger partial charge in [0.05, 0.1) is 25.8 Å². The highest BCUT2D eigenvalue weighted by Gasteiger charge is 2.47. The van der Waals surface area contributed by atoms with Crippen molar-refractivity contribution in [1.82, 2.24) is 0 Å². The van der Waals surface area contributed by atoms with E-state index in [1.807, 2.05) is 24.3 Å². The van der Waals surface area contributed by atoms with Crippen LogP contribution in [0.4, 0.5) is 5.69 Å². The molecule has 1 amide bonds. The summed E-state index contributed by atoms with van der Waals surface area (Å²) in [5.41, 5.74) is 2.78. The molecule has 0 saturated carbocycles. The zero-order valence-corrected chi connectivity index (χ0v) is 20.6. The second-order valence-electron chi connectivity index (χ2n) is 7.81.